The molecule has 2 aromatic rings. The van der Waals surface area contributed by atoms with Crippen LogP contribution < -0.4 is 9.64 Å². The van der Waals surface area contributed by atoms with Gasteiger partial charge >= 0.3 is 12.1 Å². The van der Waals surface area contributed by atoms with E-state index in [0.29, 0.717) is 22.7 Å². The molecule has 0 aliphatic carbocycles. The van der Waals surface area contributed by atoms with E-state index in [9.17, 15) is 22.8 Å². The number of pyridine rings is 1. The number of halogens is 3. The lowest BCUT2D eigenvalue weighted by Gasteiger charge is -2.31. The number of fused-ring (bicyclic) bond motifs is 2. The van der Waals surface area contributed by atoms with Gasteiger partial charge in [-0.15, -0.1) is 0 Å². The van der Waals surface area contributed by atoms with Gasteiger partial charge in [0, 0.05) is 26.3 Å². The van der Waals surface area contributed by atoms with Crippen molar-refractivity contribution in [2.45, 2.75) is 31.7 Å². The Labute approximate surface area is 164 Å². The fourth-order valence-electron chi connectivity index (χ4n) is 3.64. The second-order valence-corrected chi connectivity index (χ2v) is 7.08. The largest absolute Gasteiger partial charge is 0.481 e. The Bertz CT molecular complexity index is 963. The van der Waals surface area contributed by atoms with Crippen molar-refractivity contribution in [1.29, 1.82) is 0 Å². The first-order chi connectivity index (χ1) is 13.7. The summed E-state index contributed by atoms with van der Waals surface area (Å²) < 4.78 is 44.4. The van der Waals surface area contributed by atoms with Crippen molar-refractivity contribution >= 4 is 17.5 Å². The number of rotatable bonds is 1. The van der Waals surface area contributed by atoms with Crippen molar-refractivity contribution in [2.24, 2.45) is 0 Å². The molecule has 0 spiro atoms. The van der Waals surface area contributed by atoms with Crippen LogP contribution in [-0.2, 0) is 22.6 Å². The van der Waals surface area contributed by atoms with Crippen molar-refractivity contribution in [3.05, 3.63) is 53.3 Å². The lowest BCUT2D eigenvalue weighted by molar-refractivity contribution is -0.186. The van der Waals surface area contributed by atoms with Gasteiger partial charge < -0.3 is 14.5 Å². The van der Waals surface area contributed by atoms with Crippen molar-refractivity contribution in [3.63, 3.8) is 0 Å². The van der Waals surface area contributed by atoms with Crippen LogP contribution in [-0.4, -0.2) is 41.5 Å². The Kier molecular flexibility index (Phi) is 4.68. The zero-order chi connectivity index (χ0) is 20.8. The zero-order valence-corrected chi connectivity index (χ0v) is 15.6. The standard InChI is InChI=1S/C20H18F3N3O3/c1-25-15-8-13-11-26(19(28)20(21,22)23)7-5-12(13)9-17(15)29-16(10-18(25)27)14-4-2-3-6-24-14/h2-4,6,8-9,16H,5,7,10-11H2,1H3. The van der Waals surface area contributed by atoms with E-state index in [1.165, 1.54) is 4.90 Å². The van der Waals surface area contributed by atoms with Crippen molar-refractivity contribution in [2.75, 3.05) is 18.5 Å². The number of nitrogens with zero attached hydrogens (tertiary/aromatic N) is 3. The first-order valence-electron chi connectivity index (χ1n) is 9.10. The Morgan fingerprint density at radius 3 is 2.72 bits per heavy atom. The van der Waals surface area contributed by atoms with Crippen molar-refractivity contribution < 1.29 is 27.5 Å². The van der Waals surface area contributed by atoms with Crippen LogP contribution in [0.4, 0.5) is 18.9 Å². The summed E-state index contributed by atoms with van der Waals surface area (Å²) in [5, 5.41) is 0. The summed E-state index contributed by atoms with van der Waals surface area (Å²) in [4.78, 5) is 30.7. The van der Waals surface area contributed by atoms with Crippen LogP contribution >= 0.6 is 0 Å². The molecule has 29 heavy (non-hydrogen) atoms. The van der Waals surface area contributed by atoms with E-state index in [2.05, 4.69) is 4.98 Å². The lowest BCUT2D eigenvalue weighted by atomic mass is 9.98. The number of carbonyl (C=O) groups is 2. The normalized spacial score (nSPS) is 19.2. The molecule has 3 heterocycles. The van der Waals surface area contributed by atoms with Gasteiger partial charge in [-0.3, -0.25) is 14.6 Å². The van der Waals surface area contributed by atoms with Gasteiger partial charge in [0.2, 0.25) is 5.91 Å². The highest BCUT2D eigenvalue weighted by Crippen LogP contribution is 2.40. The number of hydrogen-bond donors (Lipinski definition) is 0. The average Bonchev–Trinajstić information content (AvgIpc) is 2.82. The minimum Gasteiger partial charge on any atom is -0.481 e. The molecule has 2 aliphatic rings. The van der Waals surface area contributed by atoms with Gasteiger partial charge in [-0.25, -0.2) is 0 Å². The van der Waals surface area contributed by atoms with E-state index in [-0.39, 0.29) is 31.8 Å². The van der Waals surface area contributed by atoms with Crippen molar-refractivity contribution in [3.8, 4) is 5.75 Å². The van der Waals surface area contributed by atoms with Gasteiger partial charge in [0.25, 0.3) is 0 Å². The van der Waals surface area contributed by atoms with Crippen LogP contribution in [0.15, 0.2) is 36.5 Å². The first kappa shape index (κ1) is 19.2. The van der Waals surface area contributed by atoms with Gasteiger partial charge in [0.1, 0.15) is 11.9 Å². The molecular weight excluding hydrogens is 387 g/mol. The van der Waals surface area contributed by atoms with Crippen LogP contribution in [0.5, 0.6) is 5.75 Å². The van der Waals surface area contributed by atoms with E-state index < -0.39 is 18.2 Å². The Morgan fingerprint density at radius 1 is 1.24 bits per heavy atom. The number of ether oxygens (including phenoxy) is 1. The summed E-state index contributed by atoms with van der Waals surface area (Å²) in [6, 6.07) is 8.75. The number of benzene rings is 1. The Balaban J connectivity index is 1.68. The molecule has 1 atom stereocenters. The van der Waals surface area contributed by atoms with Crippen LogP contribution in [0.2, 0.25) is 0 Å². The predicted octanol–water partition coefficient (Wildman–Crippen LogP) is 3.02. The number of hydrogen-bond acceptors (Lipinski definition) is 4. The molecule has 152 valence electrons. The average molecular weight is 405 g/mol. The summed E-state index contributed by atoms with van der Waals surface area (Å²) in [5.74, 6) is -1.57. The van der Waals surface area contributed by atoms with Crippen LogP contribution in [0, 0.1) is 0 Å². The molecule has 0 radical (unpaired) electrons. The number of aromatic nitrogens is 1. The highest BCUT2D eigenvalue weighted by molar-refractivity contribution is 5.95. The lowest BCUT2D eigenvalue weighted by Crippen LogP contribution is -2.43. The fourth-order valence-corrected chi connectivity index (χ4v) is 3.64. The van der Waals surface area contributed by atoms with Crippen LogP contribution in [0.3, 0.4) is 0 Å². The molecule has 0 fully saturated rings. The van der Waals surface area contributed by atoms with E-state index in [0.717, 1.165) is 10.5 Å². The number of alkyl halides is 3. The number of carbonyl (C=O) groups excluding carboxylic acids is 2. The third-order valence-electron chi connectivity index (χ3n) is 5.21. The van der Waals surface area contributed by atoms with Gasteiger partial charge in [-0.05, 0) is 41.8 Å². The smallest absolute Gasteiger partial charge is 0.471 e. The Hall–Kier alpha value is -3.10. The molecule has 0 N–H and O–H groups in total. The summed E-state index contributed by atoms with van der Waals surface area (Å²) in [7, 11) is 1.60. The minimum atomic E-state index is -4.91. The molecule has 2 amide bonds. The molecule has 2 aliphatic heterocycles. The molecule has 0 saturated heterocycles. The number of anilines is 1. The molecule has 6 nitrogen and oxygen atoms in total. The van der Waals surface area contributed by atoms with Crippen molar-refractivity contribution in [1.82, 2.24) is 9.88 Å². The summed E-state index contributed by atoms with van der Waals surface area (Å²) in [5.41, 5.74) is 2.47. The van der Waals surface area contributed by atoms with E-state index in [1.54, 1.807) is 37.5 Å². The van der Waals surface area contributed by atoms with Gasteiger partial charge in [-0.1, -0.05) is 6.07 Å². The maximum Gasteiger partial charge on any atom is 0.471 e. The summed E-state index contributed by atoms with van der Waals surface area (Å²) in [6.07, 6.45) is -3.48. The van der Waals surface area contributed by atoms with E-state index in [1.807, 2.05) is 6.07 Å². The zero-order valence-electron chi connectivity index (χ0n) is 15.6. The molecule has 1 unspecified atom stereocenters. The maximum absolute atomic E-state index is 12.8. The molecule has 1 aromatic carbocycles. The topological polar surface area (TPSA) is 62.7 Å². The predicted molar refractivity (Wildman–Crippen MR) is 97.3 cm³/mol. The first-order valence-corrected chi connectivity index (χ1v) is 9.10. The van der Waals surface area contributed by atoms with Crippen LogP contribution in [0.1, 0.15) is 29.3 Å². The second-order valence-electron chi connectivity index (χ2n) is 7.08. The molecular formula is C20H18F3N3O3. The fraction of sp³-hybridized carbons (Fsp3) is 0.350. The van der Waals surface area contributed by atoms with E-state index >= 15 is 0 Å². The van der Waals surface area contributed by atoms with Gasteiger partial charge in [-0.2, -0.15) is 13.2 Å². The highest BCUT2D eigenvalue weighted by atomic mass is 19.4. The minimum absolute atomic E-state index is 0.0252. The summed E-state index contributed by atoms with van der Waals surface area (Å²) in [6.45, 7) is -0.185. The molecule has 4 rings (SSSR count). The molecule has 9 heteroatoms. The monoisotopic (exact) mass is 405 g/mol. The summed E-state index contributed by atoms with van der Waals surface area (Å²) >= 11 is 0. The maximum atomic E-state index is 12.8. The number of amides is 2. The third kappa shape index (κ3) is 3.64. The molecule has 1 aromatic heterocycles. The van der Waals surface area contributed by atoms with E-state index in [4.69, 9.17) is 4.74 Å². The van der Waals surface area contributed by atoms with Gasteiger partial charge in [0.15, 0.2) is 0 Å². The molecule has 0 bridgehead atoms. The quantitative estimate of drug-likeness (QED) is 0.732. The third-order valence-corrected chi connectivity index (χ3v) is 5.21. The van der Waals surface area contributed by atoms with Gasteiger partial charge in [0.05, 0.1) is 17.8 Å². The highest BCUT2D eigenvalue weighted by Gasteiger charge is 2.43. The second kappa shape index (κ2) is 7.06. The SMILES string of the molecule is CN1C(=O)CC(c2ccccn2)Oc2cc3c(cc21)CN(C(=O)C(F)(F)F)CC3. The Morgan fingerprint density at radius 2 is 2.03 bits per heavy atom. The van der Waals surface area contributed by atoms with Crippen LogP contribution in [0.25, 0.3) is 0 Å². The molecule has 0 saturated carbocycles.